The van der Waals surface area contributed by atoms with E-state index in [0.29, 0.717) is 13.1 Å². The third-order valence-electron chi connectivity index (χ3n) is 3.07. The van der Waals surface area contributed by atoms with Crippen molar-refractivity contribution in [2.75, 3.05) is 11.9 Å². The fraction of sp³-hybridized carbons (Fsp3) is 0.250. The van der Waals surface area contributed by atoms with Gasteiger partial charge in [-0.1, -0.05) is 18.2 Å². The highest BCUT2D eigenvalue weighted by molar-refractivity contribution is 5.91. The van der Waals surface area contributed by atoms with Crippen LogP contribution in [0.15, 0.2) is 48.7 Å². The molecule has 1 aromatic carbocycles. The number of hydrogen-bond donors (Lipinski definition) is 2. The van der Waals surface area contributed by atoms with E-state index in [-0.39, 0.29) is 12.1 Å². The van der Waals surface area contributed by atoms with E-state index in [2.05, 4.69) is 15.6 Å². The highest BCUT2D eigenvalue weighted by Crippen LogP contribution is 2.34. The number of nitrogens with one attached hydrogen (secondary N) is 2. The van der Waals surface area contributed by atoms with Gasteiger partial charge in [0.1, 0.15) is 0 Å². The average Bonchev–Trinajstić information content (AvgIpc) is 2.52. The van der Waals surface area contributed by atoms with Crippen molar-refractivity contribution in [3.8, 4) is 0 Å². The van der Waals surface area contributed by atoms with Crippen LogP contribution in [-0.2, 0) is 17.5 Å². The third-order valence-corrected chi connectivity index (χ3v) is 3.07. The minimum absolute atomic E-state index is 0.0685. The molecule has 122 valence electrons. The molecule has 0 radical (unpaired) electrons. The van der Waals surface area contributed by atoms with E-state index >= 15 is 0 Å². The number of para-hydroxylation sites is 1. The molecule has 0 aliphatic rings. The molecule has 0 fully saturated rings. The van der Waals surface area contributed by atoms with Crippen molar-refractivity contribution >= 4 is 11.6 Å². The quantitative estimate of drug-likeness (QED) is 0.803. The lowest BCUT2D eigenvalue weighted by atomic mass is 10.1. The fourth-order valence-corrected chi connectivity index (χ4v) is 1.97. The number of hydrogen-bond acceptors (Lipinski definition) is 3. The molecule has 0 unspecified atom stereocenters. The zero-order valence-corrected chi connectivity index (χ0v) is 12.2. The first-order valence-corrected chi connectivity index (χ1v) is 7.03. The largest absolute Gasteiger partial charge is 0.418 e. The van der Waals surface area contributed by atoms with E-state index in [1.54, 1.807) is 12.3 Å². The molecule has 2 N–H and O–H groups in total. The summed E-state index contributed by atoms with van der Waals surface area (Å²) >= 11 is 0. The molecule has 2 rings (SSSR count). The Morgan fingerprint density at radius 3 is 2.52 bits per heavy atom. The lowest BCUT2D eigenvalue weighted by Gasteiger charge is -2.13. The maximum atomic E-state index is 12.8. The summed E-state index contributed by atoms with van der Waals surface area (Å²) in [6.07, 6.45) is -2.77. The SMILES string of the molecule is O=C(CCNCc1ccccn1)Nc1ccccc1C(F)(F)F. The number of halogens is 3. The topological polar surface area (TPSA) is 54.0 Å². The molecule has 0 saturated heterocycles. The van der Waals surface area contributed by atoms with Crippen molar-refractivity contribution in [1.82, 2.24) is 10.3 Å². The van der Waals surface area contributed by atoms with E-state index < -0.39 is 17.6 Å². The average molecular weight is 323 g/mol. The van der Waals surface area contributed by atoms with Crippen molar-refractivity contribution < 1.29 is 18.0 Å². The highest BCUT2D eigenvalue weighted by atomic mass is 19.4. The summed E-state index contributed by atoms with van der Waals surface area (Å²) in [4.78, 5) is 15.9. The van der Waals surface area contributed by atoms with Gasteiger partial charge in [0.25, 0.3) is 0 Å². The molecule has 0 aliphatic carbocycles. The number of pyridine rings is 1. The smallest absolute Gasteiger partial charge is 0.325 e. The normalized spacial score (nSPS) is 11.3. The van der Waals surface area contributed by atoms with Gasteiger partial charge in [-0.15, -0.1) is 0 Å². The molecule has 0 saturated carbocycles. The third kappa shape index (κ3) is 5.37. The standard InChI is InChI=1S/C16H16F3N3O/c17-16(18,19)13-6-1-2-7-14(13)22-15(23)8-10-20-11-12-5-3-4-9-21-12/h1-7,9,20H,8,10-11H2,(H,22,23). The van der Waals surface area contributed by atoms with Gasteiger partial charge in [-0.25, -0.2) is 0 Å². The molecule has 4 nitrogen and oxygen atoms in total. The van der Waals surface area contributed by atoms with Crippen LogP contribution in [0.2, 0.25) is 0 Å². The van der Waals surface area contributed by atoms with E-state index in [1.165, 1.54) is 18.2 Å². The molecule has 1 amide bonds. The second-order valence-electron chi connectivity index (χ2n) is 4.84. The highest BCUT2D eigenvalue weighted by Gasteiger charge is 2.33. The predicted molar refractivity (Wildman–Crippen MR) is 80.6 cm³/mol. The van der Waals surface area contributed by atoms with Crippen molar-refractivity contribution in [3.63, 3.8) is 0 Å². The van der Waals surface area contributed by atoms with Crippen LogP contribution in [0.4, 0.5) is 18.9 Å². The van der Waals surface area contributed by atoms with Gasteiger partial charge < -0.3 is 10.6 Å². The van der Waals surface area contributed by atoms with E-state index in [1.807, 2.05) is 12.1 Å². The van der Waals surface area contributed by atoms with Crippen LogP contribution in [0.5, 0.6) is 0 Å². The van der Waals surface area contributed by atoms with Crippen LogP contribution in [0.25, 0.3) is 0 Å². The van der Waals surface area contributed by atoms with Gasteiger partial charge in [0, 0.05) is 25.7 Å². The number of alkyl halides is 3. The molecule has 0 aliphatic heterocycles. The number of anilines is 1. The maximum Gasteiger partial charge on any atom is 0.418 e. The van der Waals surface area contributed by atoms with Crippen LogP contribution in [0.1, 0.15) is 17.7 Å². The van der Waals surface area contributed by atoms with E-state index in [4.69, 9.17) is 0 Å². The minimum Gasteiger partial charge on any atom is -0.325 e. The minimum atomic E-state index is -4.50. The molecule has 0 bridgehead atoms. The Kier molecular flexibility index (Phi) is 5.70. The van der Waals surface area contributed by atoms with Gasteiger partial charge >= 0.3 is 6.18 Å². The molecule has 0 atom stereocenters. The number of benzene rings is 1. The number of rotatable bonds is 6. The summed E-state index contributed by atoms with van der Waals surface area (Å²) in [5.74, 6) is -0.477. The number of carbonyl (C=O) groups is 1. The molecule has 0 spiro atoms. The zero-order valence-electron chi connectivity index (χ0n) is 12.2. The first-order chi connectivity index (χ1) is 11.0. The number of nitrogens with zero attached hydrogens (tertiary/aromatic N) is 1. The Labute approximate surface area is 131 Å². The lowest BCUT2D eigenvalue weighted by molar-refractivity contribution is -0.137. The van der Waals surface area contributed by atoms with E-state index in [9.17, 15) is 18.0 Å². The molecule has 2 aromatic rings. The van der Waals surface area contributed by atoms with Gasteiger partial charge in [0.05, 0.1) is 16.9 Å². The Morgan fingerprint density at radius 2 is 1.83 bits per heavy atom. The van der Waals surface area contributed by atoms with Crippen molar-refractivity contribution in [3.05, 3.63) is 59.9 Å². The Balaban J connectivity index is 1.81. The first-order valence-electron chi connectivity index (χ1n) is 7.03. The molecule has 7 heteroatoms. The molecule has 1 heterocycles. The maximum absolute atomic E-state index is 12.8. The summed E-state index contributed by atoms with van der Waals surface area (Å²) in [5, 5.41) is 5.32. The van der Waals surface area contributed by atoms with Crippen LogP contribution in [0.3, 0.4) is 0 Å². The van der Waals surface area contributed by atoms with Gasteiger partial charge in [-0.05, 0) is 24.3 Å². The number of carbonyl (C=O) groups excluding carboxylic acids is 1. The van der Waals surface area contributed by atoms with Crippen molar-refractivity contribution in [1.29, 1.82) is 0 Å². The van der Waals surface area contributed by atoms with E-state index in [0.717, 1.165) is 11.8 Å². The van der Waals surface area contributed by atoms with Gasteiger partial charge in [-0.2, -0.15) is 13.2 Å². The Morgan fingerprint density at radius 1 is 1.09 bits per heavy atom. The van der Waals surface area contributed by atoms with Crippen LogP contribution < -0.4 is 10.6 Å². The zero-order chi connectivity index (χ0) is 16.7. The lowest BCUT2D eigenvalue weighted by Crippen LogP contribution is -2.23. The van der Waals surface area contributed by atoms with Crippen molar-refractivity contribution in [2.45, 2.75) is 19.1 Å². The molecular formula is C16H16F3N3O. The summed E-state index contributed by atoms with van der Waals surface area (Å²) in [6.45, 7) is 0.837. The number of aromatic nitrogens is 1. The van der Waals surface area contributed by atoms with Gasteiger partial charge in [0.2, 0.25) is 5.91 Å². The second kappa shape index (κ2) is 7.73. The Hall–Kier alpha value is -2.41. The molecule has 23 heavy (non-hydrogen) atoms. The van der Waals surface area contributed by atoms with Crippen LogP contribution in [-0.4, -0.2) is 17.4 Å². The summed E-state index contributed by atoms with van der Waals surface area (Å²) in [5.41, 5.74) is -0.250. The van der Waals surface area contributed by atoms with Gasteiger partial charge in [0.15, 0.2) is 0 Å². The second-order valence-corrected chi connectivity index (χ2v) is 4.84. The monoisotopic (exact) mass is 323 g/mol. The summed E-state index contributed by atoms with van der Waals surface area (Å²) in [6, 6.07) is 10.4. The van der Waals surface area contributed by atoms with Crippen LogP contribution >= 0.6 is 0 Å². The molecular weight excluding hydrogens is 307 g/mol. The molecule has 1 aromatic heterocycles. The Bertz CT molecular complexity index is 645. The van der Waals surface area contributed by atoms with Crippen molar-refractivity contribution in [2.24, 2.45) is 0 Å². The summed E-state index contributed by atoms with van der Waals surface area (Å²) < 4.78 is 38.5. The van der Waals surface area contributed by atoms with Crippen LogP contribution in [0, 0.1) is 0 Å². The number of amides is 1. The summed E-state index contributed by atoms with van der Waals surface area (Å²) in [7, 11) is 0. The predicted octanol–water partition coefficient (Wildman–Crippen LogP) is 3.22. The first kappa shape index (κ1) is 17.0. The fourth-order valence-electron chi connectivity index (χ4n) is 1.97. The van der Waals surface area contributed by atoms with Gasteiger partial charge in [-0.3, -0.25) is 9.78 Å².